The normalized spacial score (nSPS) is 15.6. The molecule has 0 aliphatic carbocycles. The minimum atomic E-state index is -3.03. The summed E-state index contributed by atoms with van der Waals surface area (Å²) in [6, 6.07) is 9.87. The number of carbonyl (C=O) groups excluding carboxylic acids is 2. The number of fused-ring (bicyclic) bond motifs is 1. The lowest BCUT2D eigenvalue weighted by atomic mass is 9.95. The average Bonchev–Trinajstić information content (AvgIpc) is 3.31. The van der Waals surface area contributed by atoms with Crippen LogP contribution in [0.3, 0.4) is 0 Å². The molecule has 2 aromatic carbocycles. The van der Waals surface area contributed by atoms with Gasteiger partial charge in [-0.15, -0.1) is 0 Å². The second-order valence-electron chi connectivity index (χ2n) is 7.75. The molecule has 34 heavy (non-hydrogen) atoms. The summed E-state index contributed by atoms with van der Waals surface area (Å²) in [5.41, 5.74) is 0.918. The van der Waals surface area contributed by atoms with Gasteiger partial charge in [0.05, 0.1) is 7.11 Å². The standard InChI is InChI=1S/C24H24F2N2O6/c1-31-19-4-2-3-15(22(19)34-24(25)26)5-8-21(29)28-11-9-16(10-12-28)23(30)27-17-6-7-18-20(13-17)33-14-32-18/h2-8,13,16,24H,9-12,14H2,1H3,(H,27,30)/b8-5+. The van der Waals surface area contributed by atoms with Crippen LogP contribution in [0, 0.1) is 5.92 Å². The van der Waals surface area contributed by atoms with Crippen LogP contribution in [-0.2, 0) is 9.59 Å². The molecule has 0 bridgehead atoms. The number of nitrogens with one attached hydrogen (secondary N) is 1. The number of rotatable bonds is 7. The fourth-order valence-corrected chi connectivity index (χ4v) is 3.89. The number of benzene rings is 2. The zero-order chi connectivity index (χ0) is 24.1. The molecule has 0 unspecified atom stereocenters. The van der Waals surface area contributed by atoms with E-state index in [0.717, 1.165) is 0 Å². The Balaban J connectivity index is 1.32. The first-order valence-corrected chi connectivity index (χ1v) is 10.7. The van der Waals surface area contributed by atoms with Crippen LogP contribution < -0.4 is 24.3 Å². The van der Waals surface area contributed by atoms with Crippen molar-refractivity contribution in [3.63, 3.8) is 0 Å². The smallest absolute Gasteiger partial charge is 0.387 e. The zero-order valence-corrected chi connectivity index (χ0v) is 18.5. The molecule has 180 valence electrons. The molecule has 0 radical (unpaired) electrons. The van der Waals surface area contributed by atoms with Crippen molar-refractivity contribution in [2.24, 2.45) is 5.92 Å². The fourth-order valence-electron chi connectivity index (χ4n) is 3.89. The number of ether oxygens (including phenoxy) is 4. The highest BCUT2D eigenvalue weighted by Gasteiger charge is 2.27. The van der Waals surface area contributed by atoms with Crippen LogP contribution in [0.4, 0.5) is 14.5 Å². The molecule has 2 heterocycles. The van der Waals surface area contributed by atoms with Crippen LogP contribution in [0.25, 0.3) is 6.08 Å². The van der Waals surface area contributed by atoms with Crippen LogP contribution in [-0.4, -0.2) is 50.3 Å². The first-order chi connectivity index (χ1) is 16.4. The molecule has 0 spiro atoms. The molecule has 2 aromatic rings. The molecule has 2 aliphatic rings. The van der Waals surface area contributed by atoms with E-state index < -0.39 is 6.61 Å². The Morgan fingerprint density at radius 3 is 2.65 bits per heavy atom. The SMILES string of the molecule is COc1cccc(/C=C/C(=O)N2CCC(C(=O)Nc3ccc4c(c3)OCO4)CC2)c1OC(F)F. The molecule has 10 heteroatoms. The summed E-state index contributed by atoms with van der Waals surface area (Å²) in [4.78, 5) is 26.9. The second kappa shape index (κ2) is 10.4. The third-order valence-electron chi connectivity index (χ3n) is 5.66. The monoisotopic (exact) mass is 474 g/mol. The highest BCUT2D eigenvalue weighted by Crippen LogP contribution is 2.35. The van der Waals surface area contributed by atoms with Gasteiger partial charge in [0.2, 0.25) is 18.6 Å². The number of hydrogen-bond acceptors (Lipinski definition) is 6. The highest BCUT2D eigenvalue weighted by molar-refractivity contribution is 5.94. The van der Waals surface area contributed by atoms with E-state index >= 15 is 0 Å². The maximum Gasteiger partial charge on any atom is 0.387 e. The molecule has 0 saturated carbocycles. The number of likely N-dealkylation sites (tertiary alicyclic amines) is 1. The summed E-state index contributed by atoms with van der Waals surface area (Å²) in [6.07, 6.45) is 3.74. The molecule has 4 rings (SSSR count). The summed E-state index contributed by atoms with van der Waals surface area (Å²) in [7, 11) is 1.35. The van der Waals surface area contributed by atoms with Crippen LogP contribution >= 0.6 is 0 Å². The molecular weight excluding hydrogens is 450 g/mol. The Morgan fingerprint density at radius 1 is 1.15 bits per heavy atom. The Morgan fingerprint density at radius 2 is 1.91 bits per heavy atom. The minimum absolute atomic E-state index is 0.119. The predicted octanol–water partition coefficient (Wildman–Crippen LogP) is 3.92. The Kier molecular flexibility index (Phi) is 7.15. The van der Waals surface area contributed by atoms with Crippen LogP contribution in [0.5, 0.6) is 23.0 Å². The van der Waals surface area contributed by atoms with Gasteiger partial charge in [-0.05, 0) is 37.1 Å². The number of nitrogens with zero attached hydrogens (tertiary/aromatic N) is 1. The summed E-state index contributed by atoms with van der Waals surface area (Å²) in [5.74, 6) is 0.602. The lowest BCUT2D eigenvalue weighted by Crippen LogP contribution is -2.40. The average molecular weight is 474 g/mol. The fraction of sp³-hybridized carbons (Fsp3) is 0.333. The molecule has 1 fully saturated rings. The molecule has 2 aliphatic heterocycles. The van der Waals surface area contributed by atoms with Gasteiger partial charge in [-0.3, -0.25) is 9.59 Å². The number of piperidine rings is 1. The van der Waals surface area contributed by atoms with Gasteiger partial charge in [0, 0.05) is 42.4 Å². The number of methoxy groups -OCH3 is 1. The Labute approximate surface area is 195 Å². The van der Waals surface area contributed by atoms with E-state index in [9.17, 15) is 18.4 Å². The minimum Gasteiger partial charge on any atom is -0.493 e. The summed E-state index contributed by atoms with van der Waals surface area (Å²) < 4.78 is 45.8. The van der Waals surface area contributed by atoms with Gasteiger partial charge in [0.25, 0.3) is 0 Å². The van der Waals surface area contributed by atoms with E-state index in [0.29, 0.717) is 48.7 Å². The Bertz CT molecular complexity index is 1080. The van der Waals surface area contributed by atoms with Gasteiger partial charge in [0.15, 0.2) is 23.0 Å². The van der Waals surface area contributed by atoms with Crippen molar-refractivity contribution in [2.75, 3.05) is 32.3 Å². The van der Waals surface area contributed by atoms with Crippen molar-refractivity contribution in [1.82, 2.24) is 4.90 Å². The molecule has 0 aromatic heterocycles. The number of amides is 2. The van der Waals surface area contributed by atoms with Crippen molar-refractivity contribution < 1.29 is 37.3 Å². The third kappa shape index (κ3) is 5.38. The second-order valence-corrected chi connectivity index (χ2v) is 7.75. The van der Waals surface area contributed by atoms with Crippen LogP contribution in [0.1, 0.15) is 18.4 Å². The first kappa shape index (κ1) is 23.3. The summed E-state index contributed by atoms with van der Waals surface area (Å²) in [6.45, 7) is -2.06. The van der Waals surface area contributed by atoms with Crippen LogP contribution in [0.15, 0.2) is 42.5 Å². The van der Waals surface area contributed by atoms with Gasteiger partial charge >= 0.3 is 6.61 Å². The topological polar surface area (TPSA) is 86.3 Å². The largest absolute Gasteiger partial charge is 0.493 e. The zero-order valence-electron chi connectivity index (χ0n) is 18.5. The number of halogens is 2. The number of alkyl halides is 2. The molecule has 8 nitrogen and oxygen atoms in total. The van der Waals surface area contributed by atoms with Gasteiger partial charge in [0.1, 0.15) is 0 Å². The summed E-state index contributed by atoms with van der Waals surface area (Å²) in [5, 5.41) is 2.89. The highest BCUT2D eigenvalue weighted by atomic mass is 19.3. The van der Waals surface area contributed by atoms with Crippen molar-refractivity contribution in [1.29, 1.82) is 0 Å². The molecular formula is C24H24F2N2O6. The lowest BCUT2D eigenvalue weighted by Gasteiger charge is -2.30. The maximum absolute atomic E-state index is 12.8. The predicted molar refractivity (Wildman–Crippen MR) is 119 cm³/mol. The molecule has 1 N–H and O–H groups in total. The van der Waals surface area contributed by atoms with E-state index in [1.807, 2.05) is 0 Å². The molecule has 2 amide bonds. The van der Waals surface area contributed by atoms with Crippen molar-refractivity contribution in [3.05, 3.63) is 48.0 Å². The van der Waals surface area contributed by atoms with E-state index in [1.165, 1.54) is 25.3 Å². The van der Waals surface area contributed by atoms with Crippen molar-refractivity contribution in [3.8, 4) is 23.0 Å². The number of anilines is 1. The van der Waals surface area contributed by atoms with Gasteiger partial charge in [-0.2, -0.15) is 8.78 Å². The summed E-state index contributed by atoms with van der Waals surface area (Å²) >= 11 is 0. The van der Waals surface area contributed by atoms with E-state index in [4.69, 9.17) is 14.2 Å². The van der Waals surface area contributed by atoms with E-state index in [2.05, 4.69) is 10.1 Å². The number of carbonyl (C=O) groups is 2. The Hall–Kier alpha value is -3.82. The van der Waals surface area contributed by atoms with E-state index in [-0.39, 0.29) is 36.0 Å². The quantitative estimate of drug-likeness (QED) is 0.613. The number of hydrogen-bond donors (Lipinski definition) is 1. The van der Waals surface area contributed by atoms with Crippen LogP contribution in [0.2, 0.25) is 0 Å². The third-order valence-corrected chi connectivity index (χ3v) is 5.66. The number of para-hydroxylation sites is 1. The maximum atomic E-state index is 12.8. The van der Waals surface area contributed by atoms with Gasteiger partial charge in [-0.1, -0.05) is 12.1 Å². The van der Waals surface area contributed by atoms with E-state index in [1.54, 1.807) is 35.2 Å². The lowest BCUT2D eigenvalue weighted by molar-refractivity contribution is -0.130. The van der Waals surface area contributed by atoms with Gasteiger partial charge in [-0.25, -0.2) is 0 Å². The van der Waals surface area contributed by atoms with Crippen molar-refractivity contribution in [2.45, 2.75) is 19.5 Å². The van der Waals surface area contributed by atoms with Crippen molar-refractivity contribution >= 4 is 23.6 Å². The molecule has 1 saturated heterocycles. The molecule has 0 atom stereocenters. The first-order valence-electron chi connectivity index (χ1n) is 10.7. The van der Waals surface area contributed by atoms with Gasteiger partial charge < -0.3 is 29.2 Å².